The van der Waals surface area contributed by atoms with Crippen LogP contribution in [-0.2, 0) is 0 Å². The largest absolute Gasteiger partial charge is 0.378 e. The lowest BCUT2D eigenvalue weighted by molar-refractivity contribution is -0.383. The molecule has 102 valence electrons. The highest BCUT2D eigenvalue weighted by molar-refractivity contribution is 5.67. The maximum absolute atomic E-state index is 11.0. The zero-order chi connectivity index (χ0) is 13.4. The maximum Gasteiger partial charge on any atom is 0.352 e. The van der Waals surface area contributed by atoms with Crippen LogP contribution in [0.25, 0.3) is 0 Å². The number of nitro groups is 1. The smallest absolute Gasteiger partial charge is 0.352 e. The van der Waals surface area contributed by atoms with Gasteiger partial charge in [0.1, 0.15) is 6.33 Å². The van der Waals surface area contributed by atoms with Crippen molar-refractivity contribution in [3.8, 4) is 0 Å². The summed E-state index contributed by atoms with van der Waals surface area (Å²) >= 11 is 0. The van der Waals surface area contributed by atoms with Crippen LogP contribution in [0.3, 0.4) is 0 Å². The molecule has 3 saturated heterocycles. The molecule has 0 aromatic carbocycles. The Balaban J connectivity index is 1.84. The van der Waals surface area contributed by atoms with E-state index in [2.05, 4.69) is 20.2 Å². The van der Waals surface area contributed by atoms with Gasteiger partial charge in [-0.3, -0.25) is 10.1 Å². The lowest BCUT2D eigenvalue weighted by Gasteiger charge is -2.45. The molecule has 1 unspecified atom stereocenters. The van der Waals surface area contributed by atoms with E-state index in [1.807, 2.05) is 0 Å². The number of piperidine rings is 3. The van der Waals surface area contributed by atoms with Gasteiger partial charge in [0.15, 0.2) is 0 Å². The lowest BCUT2D eigenvalue weighted by Crippen LogP contribution is -2.53. The number of anilines is 2. The molecule has 3 fully saturated rings. The van der Waals surface area contributed by atoms with Crippen molar-refractivity contribution in [2.24, 2.45) is 5.92 Å². The quantitative estimate of drug-likeness (QED) is 0.603. The van der Waals surface area contributed by atoms with Crippen LogP contribution < -0.4 is 11.1 Å². The van der Waals surface area contributed by atoms with Crippen molar-refractivity contribution < 1.29 is 4.92 Å². The molecule has 0 aliphatic carbocycles. The van der Waals surface area contributed by atoms with Crippen LogP contribution in [0, 0.1) is 16.0 Å². The van der Waals surface area contributed by atoms with Crippen LogP contribution in [0.4, 0.5) is 17.3 Å². The van der Waals surface area contributed by atoms with Gasteiger partial charge in [0.2, 0.25) is 11.6 Å². The molecule has 3 aliphatic heterocycles. The van der Waals surface area contributed by atoms with Gasteiger partial charge in [0.05, 0.1) is 4.92 Å². The fourth-order valence-electron chi connectivity index (χ4n) is 2.98. The number of nitrogens with one attached hydrogen (secondary N) is 1. The predicted molar refractivity (Wildman–Crippen MR) is 69.7 cm³/mol. The summed E-state index contributed by atoms with van der Waals surface area (Å²) in [4.78, 5) is 20.5. The van der Waals surface area contributed by atoms with Crippen LogP contribution >= 0.6 is 0 Å². The van der Waals surface area contributed by atoms with Crippen LogP contribution in [0.5, 0.6) is 0 Å². The van der Waals surface area contributed by atoms with E-state index in [0.717, 1.165) is 32.5 Å². The third-order valence-electron chi connectivity index (χ3n) is 4.01. The summed E-state index contributed by atoms with van der Waals surface area (Å²) in [7, 11) is 0. The van der Waals surface area contributed by atoms with Crippen molar-refractivity contribution in [3.63, 3.8) is 0 Å². The molecule has 3 aliphatic rings. The van der Waals surface area contributed by atoms with Gasteiger partial charge in [0, 0.05) is 12.6 Å². The van der Waals surface area contributed by atoms with E-state index in [4.69, 9.17) is 5.73 Å². The minimum absolute atomic E-state index is 0.0937. The summed E-state index contributed by atoms with van der Waals surface area (Å²) in [6, 6.07) is 0.204. The second-order valence-electron chi connectivity index (χ2n) is 5.10. The van der Waals surface area contributed by atoms with E-state index in [1.54, 1.807) is 0 Å². The Morgan fingerprint density at radius 1 is 1.42 bits per heavy atom. The monoisotopic (exact) mass is 264 g/mol. The number of nitrogens with two attached hydrogens (primary N) is 1. The van der Waals surface area contributed by atoms with Crippen molar-refractivity contribution >= 4 is 17.3 Å². The molecule has 3 N–H and O–H groups in total. The van der Waals surface area contributed by atoms with Gasteiger partial charge in [-0.25, -0.2) is 9.97 Å². The summed E-state index contributed by atoms with van der Waals surface area (Å²) in [5, 5.41) is 14.2. The van der Waals surface area contributed by atoms with E-state index in [9.17, 15) is 10.1 Å². The van der Waals surface area contributed by atoms with E-state index < -0.39 is 4.92 Å². The molecule has 8 heteroatoms. The minimum Gasteiger partial charge on any atom is -0.378 e. The van der Waals surface area contributed by atoms with Crippen LogP contribution in [0.1, 0.15) is 12.8 Å². The molecule has 19 heavy (non-hydrogen) atoms. The summed E-state index contributed by atoms with van der Waals surface area (Å²) in [6.07, 6.45) is 3.52. The van der Waals surface area contributed by atoms with Gasteiger partial charge < -0.3 is 16.0 Å². The first-order chi connectivity index (χ1) is 9.15. The van der Waals surface area contributed by atoms with Crippen molar-refractivity contribution in [3.05, 3.63) is 16.4 Å². The van der Waals surface area contributed by atoms with Crippen LogP contribution in [-0.4, -0.2) is 45.5 Å². The van der Waals surface area contributed by atoms with E-state index in [-0.39, 0.29) is 23.4 Å². The fourth-order valence-corrected chi connectivity index (χ4v) is 2.98. The number of hydrogen-bond acceptors (Lipinski definition) is 7. The molecule has 4 heterocycles. The topological polar surface area (TPSA) is 110 Å². The van der Waals surface area contributed by atoms with Crippen molar-refractivity contribution in [2.75, 3.05) is 30.7 Å². The highest BCUT2D eigenvalue weighted by Crippen LogP contribution is 2.32. The number of rotatable bonds is 3. The second-order valence-corrected chi connectivity index (χ2v) is 5.10. The lowest BCUT2D eigenvalue weighted by atomic mass is 9.84. The zero-order valence-corrected chi connectivity index (χ0v) is 10.5. The standard InChI is InChI=1S/C11H16N6O2/c12-10-9(17(18)19)11(14-6-13-10)15-8-5-16-3-1-7(8)2-4-16/h6-8H,1-5H2,(H3,12,13,14,15). The summed E-state index contributed by atoms with van der Waals surface area (Å²) < 4.78 is 0. The first kappa shape index (κ1) is 12.1. The van der Waals surface area contributed by atoms with E-state index in [0.29, 0.717) is 5.92 Å². The normalized spacial score (nSPS) is 29.2. The molecule has 1 aromatic heterocycles. The molecule has 0 saturated carbocycles. The maximum atomic E-state index is 11.0. The Bertz CT molecular complexity index is 500. The third-order valence-corrected chi connectivity index (χ3v) is 4.01. The summed E-state index contributed by atoms with van der Waals surface area (Å²) in [6.45, 7) is 3.15. The van der Waals surface area contributed by atoms with Gasteiger partial charge in [0.25, 0.3) is 0 Å². The third kappa shape index (κ3) is 2.19. The van der Waals surface area contributed by atoms with Gasteiger partial charge in [-0.2, -0.15) is 0 Å². The molecular formula is C11H16N6O2. The minimum atomic E-state index is -0.529. The van der Waals surface area contributed by atoms with Crippen molar-refractivity contribution in [2.45, 2.75) is 18.9 Å². The molecule has 0 amide bonds. The molecule has 4 rings (SSSR count). The first-order valence-corrected chi connectivity index (χ1v) is 6.39. The molecule has 0 spiro atoms. The average molecular weight is 264 g/mol. The number of nitrogens with zero attached hydrogens (tertiary/aromatic N) is 4. The van der Waals surface area contributed by atoms with Gasteiger partial charge >= 0.3 is 5.69 Å². The van der Waals surface area contributed by atoms with E-state index >= 15 is 0 Å². The summed E-state index contributed by atoms with van der Waals surface area (Å²) in [5.74, 6) is 0.695. The number of aromatic nitrogens is 2. The highest BCUT2D eigenvalue weighted by Gasteiger charge is 2.35. The highest BCUT2D eigenvalue weighted by atomic mass is 16.6. The van der Waals surface area contributed by atoms with E-state index in [1.165, 1.54) is 6.33 Å². The van der Waals surface area contributed by atoms with Gasteiger partial charge in [-0.15, -0.1) is 0 Å². The molecular weight excluding hydrogens is 248 g/mol. The number of fused-ring (bicyclic) bond motifs is 3. The van der Waals surface area contributed by atoms with Gasteiger partial charge in [-0.05, 0) is 31.8 Å². The van der Waals surface area contributed by atoms with Crippen molar-refractivity contribution in [1.29, 1.82) is 0 Å². The Hall–Kier alpha value is -1.96. The first-order valence-electron chi connectivity index (χ1n) is 6.39. The number of nitrogen functional groups attached to an aromatic ring is 1. The van der Waals surface area contributed by atoms with Crippen LogP contribution in [0.15, 0.2) is 6.33 Å². The fraction of sp³-hybridized carbons (Fsp3) is 0.636. The predicted octanol–water partition coefficient (Wildman–Crippen LogP) is 0.473. The molecule has 8 nitrogen and oxygen atoms in total. The number of hydrogen-bond donors (Lipinski definition) is 2. The second kappa shape index (κ2) is 4.61. The molecule has 2 bridgehead atoms. The molecule has 1 atom stereocenters. The zero-order valence-electron chi connectivity index (χ0n) is 10.5. The van der Waals surface area contributed by atoms with Gasteiger partial charge in [-0.1, -0.05) is 0 Å². The summed E-state index contributed by atoms with van der Waals surface area (Å²) in [5.41, 5.74) is 5.34. The molecule has 0 radical (unpaired) electrons. The Morgan fingerprint density at radius 3 is 2.74 bits per heavy atom. The Kier molecular flexibility index (Phi) is 2.94. The van der Waals surface area contributed by atoms with Crippen LogP contribution in [0.2, 0.25) is 0 Å². The Labute approximate surface area is 110 Å². The van der Waals surface area contributed by atoms with Crippen molar-refractivity contribution in [1.82, 2.24) is 14.9 Å². The SMILES string of the molecule is Nc1ncnc(NC2CN3CCC2CC3)c1[N+](=O)[O-]. The Morgan fingerprint density at radius 2 is 2.16 bits per heavy atom. The molecule has 1 aromatic rings. The average Bonchev–Trinajstić information content (AvgIpc) is 2.39.